The molecule has 2 aromatic carbocycles. The molecule has 0 bridgehead atoms. The maximum Gasteiger partial charge on any atom is 0.130 e. The fraction of sp³-hybridized carbons (Fsp3) is 0.0435. The highest BCUT2D eigenvalue weighted by Crippen LogP contribution is 2.19. The Kier molecular flexibility index (Phi) is 5.07. The second-order valence-electron chi connectivity index (χ2n) is 6.25. The second kappa shape index (κ2) is 8.15. The molecule has 0 aliphatic carbocycles. The molecule has 4 aromatic rings. The Bertz CT molecular complexity index is 883. The lowest BCUT2D eigenvalue weighted by Crippen LogP contribution is -1.95. The van der Waals surface area contributed by atoms with E-state index >= 15 is 0 Å². The first kappa shape index (κ1) is 16.8. The quantitative estimate of drug-likeness (QED) is 0.477. The smallest absolute Gasteiger partial charge is 0.130 e. The molecule has 0 aliphatic rings. The molecule has 4 nitrogen and oxygen atoms in total. The maximum atomic E-state index is 4.28. The fourth-order valence-electron chi connectivity index (χ4n) is 2.82. The molecular weight excluding hydrogens is 332 g/mol. The summed E-state index contributed by atoms with van der Waals surface area (Å²) >= 11 is 0. The minimum Gasteiger partial charge on any atom is -0.340 e. The van der Waals surface area contributed by atoms with Gasteiger partial charge in [-0.25, -0.2) is 9.97 Å². The van der Waals surface area contributed by atoms with Gasteiger partial charge < -0.3 is 10.6 Å². The number of nitrogens with one attached hydrogen (secondary N) is 2. The standard InChI is InChI=1S/C23H20N4/c1-3-15-24-22(5-1)26-20-11-7-18(8-12-20)17-19-9-13-21(14-10-19)27-23-6-2-4-16-25-23/h1-16H,17H2,(H,24,26)(H,25,27). The molecule has 0 atom stereocenters. The third kappa shape index (κ3) is 4.70. The van der Waals surface area contributed by atoms with Crippen LogP contribution in [-0.2, 0) is 6.42 Å². The molecule has 2 N–H and O–H groups in total. The second-order valence-corrected chi connectivity index (χ2v) is 6.25. The Morgan fingerprint density at radius 3 is 1.33 bits per heavy atom. The van der Waals surface area contributed by atoms with Crippen LogP contribution in [0.2, 0.25) is 0 Å². The number of hydrogen-bond donors (Lipinski definition) is 2. The number of aromatic nitrogens is 2. The molecule has 27 heavy (non-hydrogen) atoms. The van der Waals surface area contributed by atoms with E-state index in [4.69, 9.17) is 0 Å². The molecule has 0 fully saturated rings. The molecule has 132 valence electrons. The lowest BCUT2D eigenvalue weighted by molar-refractivity contribution is 1.19. The molecule has 0 amide bonds. The molecule has 0 saturated heterocycles. The van der Waals surface area contributed by atoms with Crippen LogP contribution in [0.15, 0.2) is 97.3 Å². The predicted molar refractivity (Wildman–Crippen MR) is 111 cm³/mol. The van der Waals surface area contributed by atoms with Crippen LogP contribution in [0.4, 0.5) is 23.0 Å². The van der Waals surface area contributed by atoms with Crippen molar-refractivity contribution >= 4 is 23.0 Å². The SMILES string of the molecule is c1ccc(Nc2ccc(Cc3ccc(Nc4ccccn4)cc3)cc2)nc1. The Hall–Kier alpha value is -3.66. The highest BCUT2D eigenvalue weighted by atomic mass is 15.0. The van der Waals surface area contributed by atoms with Crippen molar-refractivity contribution in [3.05, 3.63) is 108 Å². The van der Waals surface area contributed by atoms with Crippen LogP contribution in [0, 0.1) is 0 Å². The van der Waals surface area contributed by atoms with Gasteiger partial charge in [-0.05, 0) is 66.1 Å². The van der Waals surface area contributed by atoms with Gasteiger partial charge in [-0.2, -0.15) is 0 Å². The number of pyridine rings is 2. The summed E-state index contributed by atoms with van der Waals surface area (Å²) in [6.07, 6.45) is 4.46. The van der Waals surface area contributed by atoms with Gasteiger partial charge in [0.25, 0.3) is 0 Å². The number of benzene rings is 2. The molecule has 4 heteroatoms. The monoisotopic (exact) mass is 352 g/mol. The summed E-state index contributed by atoms with van der Waals surface area (Å²) in [4.78, 5) is 8.56. The van der Waals surface area contributed by atoms with Crippen LogP contribution in [0.5, 0.6) is 0 Å². The zero-order chi connectivity index (χ0) is 18.3. The van der Waals surface area contributed by atoms with Gasteiger partial charge in [0.2, 0.25) is 0 Å². The minimum atomic E-state index is 0.848. The van der Waals surface area contributed by atoms with Gasteiger partial charge in [-0.3, -0.25) is 0 Å². The highest BCUT2D eigenvalue weighted by Gasteiger charge is 2.00. The summed E-state index contributed by atoms with van der Waals surface area (Å²) in [5.41, 5.74) is 4.61. The summed E-state index contributed by atoms with van der Waals surface area (Å²) in [5, 5.41) is 6.60. The maximum absolute atomic E-state index is 4.28. The van der Waals surface area contributed by atoms with Crippen molar-refractivity contribution in [1.82, 2.24) is 9.97 Å². The van der Waals surface area contributed by atoms with Crippen molar-refractivity contribution in [2.24, 2.45) is 0 Å². The third-order valence-electron chi connectivity index (χ3n) is 4.19. The first-order valence-corrected chi connectivity index (χ1v) is 8.89. The summed E-state index contributed by atoms with van der Waals surface area (Å²) in [7, 11) is 0. The van der Waals surface area contributed by atoms with E-state index in [1.165, 1.54) is 11.1 Å². The molecule has 2 aromatic heterocycles. The van der Waals surface area contributed by atoms with Crippen LogP contribution in [0.1, 0.15) is 11.1 Å². The summed E-state index contributed by atoms with van der Waals surface area (Å²) < 4.78 is 0. The number of anilines is 4. The van der Waals surface area contributed by atoms with Gasteiger partial charge in [-0.15, -0.1) is 0 Å². The zero-order valence-electron chi connectivity index (χ0n) is 14.8. The van der Waals surface area contributed by atoms with E-state index in [2.05, 4.69) is 69.1 Å². The number of nitrogens with zero attached hydrogens (tertiary/aromatic N) is 2. The molecule has 0 aliphatic heterocycles. The van der Waals surface area contributed by atoms with E-state index in [0.717, 1.165) is 29.4 Å². The van der Waals surface area contributed by atoms with Crippen molar-refractivity contribution in [3.63, 3.8) is 0 Å². The van der Waals surface area contributed by atoms with Gasteiger partial charge >= 0.3 is 0 Å². The average Bonchev–Trinajstić information content (AvgIpc) is 2.73. The Labute approximate surface area is 159 Å². The topological polar surface area (TPSA) is 49.8 Å². The van der Waals surface area contributed by atoms with Gasteiger partial charge in [0.15, 0.2) is 0 Å². The van der Waals surface area contributed by atoms with E-state index < -0.39 is 0 Å². The van der Waals surface area contributed by atoms with Crippen molar-refractivity contribution < 1.29 is 0 Å². The van der Waals surface area contributed by atoms with Gasteiger partial charge in [-0.1, -0.05) is 36.4 Å². The lowest BCUT2D eigenvalue weighted by Gasteiger charge is -2.08. The molecule has 0 saturated carbocycles. The summed E-state index contributed by atoms with van der Waals surface area (Å²) in [5.74, 6) is 1.70. The zero-order valence-corrected chi connectivity index (χ0v) is 14.8. The van der Waals surface area contributed by atoms with E-state index in [9.17, 15) is 0 Å². The average molecular weight is 352 g/mol. The van der Waals surface area contributed by atoms with Crippen LogP contribution in [0.25, 0.3) is 0 Å². The van der Waals surface area contributed by atoms with E-state index in [1.807, 2.05) is 36.4 Å². The molecule has 2 heterocycles. The molecule has 0 spiro atoms. The van der Waals surface area contributed by atoms with E-state index in [0.29, 0.717) is 0 Å². The first-order chi connectivity index (χ1) is 13.3. The van der Waals surface area contributed by atoms with Crippen LogP contribution in [-0.4, -0.2) is 9.97 Å². The Morgan fingerprint density at radius 2 is 0.963 bits per heavy atom. The van der Waals surface area contributed by atoms with Crippen molar-refractivity contribution in [3.8, 4) is 0 Å². The van der Waals surface area contributed by atoms with Gasteiger partial charge in [0, 0.05) is 23.8 Å². The first-order valence-electron chi connectivity index (χ1n) is 8.89. The van der Waals surface area contributed by atoms with Gasteiger partial charge in [0.05, 0.1) is 0 Å². The summed E-state index contributed by atoms with van der Waals surface area (Å²) in [6, 6.07) is 28.6. The molecule has 0 unspecified atom stereocenters. The van der Waals surface area contributed by atoms with Crippen molar-refractivity contribution in [2.75, 3.05) is 10.6 Å². The van der Waals surface area contributed by atoms with Gasteiger partial charge in [0.1, 0.15) is 11.6 Å². The predicted octanol–water partition coefficient (Wildman–Crippen LogP) is 5.55. The van der Waals surface area contributed by atoms with Crippen molar-refractivity contribution in [2.45, 2.75) is 6.42 Å². The Balaban J connectivity index is 1.37. The minimum absolute atomic E-state index is 0.848. The van der Waals surface area contributed by atoms with Crippen LogP contribution in [0.3, 0.4) is 0 Å². The molecule has 0 radical (unpaired) electrons. The fourth-order valence-corrected chi connectivity index (χ4v) is 2.82. The van der Waals surface area contributed by atoms with E-state index in [1.54, 1.807) is 12.4 Å². The highest BCUT2D eigenvalue weighted by molar-refractivity contribution is 5.57. The van der Waals surface area contributed by atoms with Crippen LogP contribution < -0.4 is 10.6 Å². The molecular formula is C23H20N4. The number of rotatable bonds is 6. The van der Waals surface area contributed by atoms with Crippen molar-refractivity contribution in [1.29, 1.82) is 0 Å². The third-order valence-corrected chi connectivity index (χ3v) is 4.19. The summed E-state index contributed by atoms with van der Waals surface area (Å²) in [6.45, 7) is 0. The van der Waals surface area contributed by atoms with Crippen LogP contribution >= 0.6 is 0 Å². The normalized spacial score (nSPS) is 10.4. The number of hydrogen-bond acceptors (Lipinski definition) is 4. The largest absolute Gasteiger partial charge is 0.340 e. The lowest BCUT2D eigenvalue weighted by atomic mass is 10.0. The molecule has 4 rings (SSSR count). The van der Waals surface area contributed by atoms with E-state index in [-0.39, 0.29) is 0 Å². The Morgan fingerprint density at radius 1 is 0.519 bits per heavy atom.